The largest absolute Gasteiger partial charge is 0.416 e. The summed E-state index contributed by atoms with van der Waals surface area (Å²) in [5.74, 6) is 0. The molecule has 2 fully saturated rings. The zero-order chi connectivity index (χ0) is 21.8. The molecule has 1 aliphatic carbocycles. The van der Waals surface area contributed by atoms with E-state index < -0.39 is 11.7 Å². The number of ether oxygens (including phenoxy) is 1. The van der Waals surface area contributed by atoms with E-state index in [4.69, 9.17) is 9.72 Å². The van der Waals surface area contributed by atoms with Crippen LogP contribution in [0, 0.1) is 0 Å². The van der Waals surface area contributed by atoms with E-state index in [1.54, 1.807) is 6.07 Å². The van der Waals surface area contributed by atoms with E-state index in [9.17, 15) is 13.2 Å². The number of nitrogens with zero attached hydrogens (tertiary/aromatic N) is 1. The number of hydrogen-bond acceptors (Lipinski definition) is 3. The van der Waals surface area contributed by atoms with Gasteiger partial charge in [-0.05, 0) is 75.4 Å². The lowest BCUT2D eigenvalue weighted by Crippen LogP contribution is -2.47. The van der Waals surface area contributed by atoms with Gasteiger partial charge in [0.05, 0.1) is 11.2 Å². The molecule has 1 aliphatic heterocycles. The van der Waals surface area contributed by atoms with Gasteiger partial charge < -0.3 is 10.1 Å². The van der Waals surface area contributed by atoms with Gasteiger partial charge in [0.25, 0.3) is 0 Å². The number of hydrogen-bond donors (Lipinski definition) is 1. The topological polar surface area (TPSA) is 34.2 Å². The summed E-state index contributed by atoms with van der Waals surface area (Å²) in [7, 11) is 0. The van der Waals surface area contributed by atoms with Crippen molar-refractivity contribution in [3.8, 4) is 0 Å². The van der Waals surface area contributed by atoms with Crippen molar-refractivity contribution >= 4 is 0 Å². The van der Waals surface area contributed by atoms with Gasteiger partial charge in [0.15, 0.2) is 0 Å². The van der Waals surface area contributed by atoms with Gasteiger partial charge in [0.2, 0.25) is 0 Å². The smallest absolute Gasteiger partial charge is 0.375 e. The summed E-state index contributed by atoms with van der Waals surface area (Å²) >= 11 is 0. The molecule has 0 radical (unpaired) electrons. The molecule has 6 heteroatoms. The molecule has 1 aromatic carbocycles. The van der Waals surface area contributed by atoms with Crippen LogP contribution in [0.5, 0.6) is 0 Å². The van der Waals surface area contributed by atoms with Crippen molar-refractivity contribution in [3.05, 3.63) is 65.5 Å². The van der Waals surface area contributed by atoms with Crippen LogP contribution in [0.15, 0.2) is 48.7 Å². The summed E-state index contributed by atoms with van der Waals surface area (Å²) in [4.78, 5) is 4.72. The van der Waals surface area contributed by atoms with Crippen LogP contribution in [-0.2, 0) is 22.7 Å². The van der Waals surface area contributed by atoms with Crippen molar-refractivity contribution in [3.63, 3.8) is 0 Å². The van der Waals surface area contributed by atoms with Gasteiger partial charge >= 0.3 is 6.18 Å². The first-order valence-corrected chi connectivity index (χ1v) is 11.3. The fraction of sp³-hybridized carbons (Fsp3) is 0.560. The summed E-state index contributed by atoms with van der Waals surface area (Å²) < 4.78 is 45.0. The van der Waals surface area contributed by atoms with E-state index in [1.165, 1.54) is 25.0 Å². The van der Waals surface area contributed by atoms with Crippen LogP contribution in [0.3, 0.4) is 0 Å². The fourth-order valence-corrected chi connectivity index (χ4v) is 5.38. The second-order valence-electron chi connectivity index (χ2n) is 9.11. The Balaban J connectivity index is 1.37. The Morgan fingerprint density at radius 2 is 1.84 bits per heavy atom. The Labute approximate surface area is 182 Å². The maximum Gasteiger partial charge on any atom is 0.416 e. The molecule has 1 spiro atoms. The standard InChI is InChI=1S/C25H31F3N2O/c26-25(27,28)21-7-5-6-20(18-21)9-15-29-16-12-23(22-8-1-4-14-30-22)13-17-31-24(19-23)10-2-3-11-24/h1,4-8,14,18,29H,2-3,9-13,15-17,19H2/t23-/m1/s1. The molecule has 3 nitrogen and oxygen atoms in total. The molecule has 0 unspecified atom stereocenters. The average molecular weight is 433 g/mol. The molecule has 168 valence electrons. The molecule has 1 saturated heterocycles. The minimum atomic E-state index is -4.29. The molecule has 2 aliphatic rings. The number of rotatable bonds is 7. The third kappa shape index (κ3) is 5.29. The Bertz CT molecular complexity index is 849. The first kappa shape index (κ1) is 22.3. The molecule has 1 atom stereocenters. The van der Waals surface area contributed by atoms with Crippen molar-refractivity contribution in [1.82, 2.24) is 10.3 Å². The van der Waals surface area contributed by atoms with Gasteiger partial charge in [-0.3, -0.25) is 4.98 Å². The second-order valence-corrected chi connectivity index (χ2v) is 9.11. The van der Waals surface area contributed by atoms with Gasteiger partial charge in [0, 0.05) is 23.9 Å². The predicted molar refractivity (Wildman–Crippen MR) is 115 cm³/mol. The lowest BCUT2D eigenvalue weighted by molar-refractivity contribution is -0.137. The maximum atomic E-state index is 12.9. The minimum absolute atomic E-state index is 0.00615. The highest BCUT2D eigenvalue weighted by atomic mass is 19.4. The number of pyridine rings is 1. The van der Waals surface area contributed by atoms with Crippen LogP contribution in [0.2, 0.25) is 0 Å². The van der Waals surface area contributed by atoms with Crippen LogP contribution in [0.1, 0.15) is 61.8 Å². The van der Waals surface area contributed by atoms with Gasteiger partial charge in [-0.25, -0.2) is 0 Å². The van der Waals surface area contributed by atoms with Gasteiger partial charge in [0.1, 0.15) is 0 Å². The first-order valence-electron chi connectivity index (χ1n) is 11.3. The molecule has 1 aromatic heterocycles. The molecule has 2 heterocycles. The fourth-order valence-electron chi connectivity index (χ4n) is 5.38. The SMILES string of the molecule is FC(F)(F)c1cccc(CCNCC[C@@]2(c3ccccn3)CCOC3(CCCC3)C2)c1. The Morgan fingerprint density at radius 3 is 2.58 bits per heavy atom. The van der Waals surface area contributed by atoms with E-state index in [2.05, 4.69) is 17.4 Å². The van der Waals surface area contributed by atoms with Crippen molar-refractivity contribution < 1.29 is 17.9 Å². The lowest BCUT2D eigenvalue weighted by atomic mass is 9.68. The van der Waals surface area contributed by atoms with Crippen molar-refractivity contribution in [2.75, 3.05) is 19.7 Å². The van der Waals surface area contributed by atoms with Gasteiger partial charge in [-0.2, -0.15) is 13.2 Å². The third-order valence-corrected chi connectivity index (χ3v) is 7.00. The van der Waals surface area contributed by atoms with Crippen molar-refractivity contribution in [1.29, 1.82) is 0 Å². The molecule has 1 saturated carbocycles. The summed E-state index contributed by atoms with van der Waals surface area (Å²) in [5, 5.41) is 3.46. The van der Waals surface area contributed by atoms with Crippen LogP contribution in [0.4, 0.5) is 13.2 Å². The number of halogens is 3. The number of alkyl halides is 3. The molecule has 2 aromatic rings. The zero-order valence-electron chi connectivity index (χ0n) is 17.9. The Kier molecular flexibility index (Phi) is 6.68. The molecular weight excluding hydrogens is 401 g/mol. The number of benzene rings is 1. The maximum absolute atomic E-state index is 12.9. The molecule has 1 N–H and O–H groups in total. The summed E-state index contributed by atoms with van der Waals surface area (Å²) in [6.07, 6.45) is 5.79. The highest BCUT2D eigenvalue weighted by molar-refractivity contribution is 5.26. The molecule has 0 bridgehead atoms. The van der Waals surface area contributed by atoms with Crippen LogP contribution >= 0.6 is 0 Å². The Morgan fingerprint density at radius 1 is 1.00 bits per heavy atom. The average Bonchev–Trinajstić information content (AvgIpc) is 3.21. The first-order chi connectivity index (χ1) is 14.9. The molecule has 4 rings (SSSR count). The van der Waals surface area contributed by atoms with Crippen molar-refractivity contribution in [2.45, 2.75) is 68.6 Å². The van der Waals surface area contributed by atoms with E-state index in [-0.39, 0.29) is 11.0 Å². The van der Waals surface area contributed by atoms with Crippen LogP contribution in [-0.4, -0.2) is 30.3 Å². The quantitative estimate of drug-likeness (QED) is 0.571. The van der Waals surface area contributed by atoms with E-state index >= 15 is 0 Å². The second kappa shape index (κ2) is 9.29. The van der Waals surface area contributed by atoms with Gasteiger partial charge in [-0.1, -0.05) is 37.1 Å². The normalized spacial score (nSPS) is 23.3. The highest BCUT2D eigenvalue weighted by Crippen LogP contribution is 2.49. The lowest BCUT2D eigenvalue weighted by Gasteiger charge is -2.46. The van der Waals surface area contributed by atoms with Crippen molar-refractivity contribution in [2.24, 2.45) is 0 Å². The summed E-state index contributed by atoms with van der Waals surface area (Å²) in [6, 6.07) is 11.8. The van der Waals surface area contributed by atoms with Gasteiger partial charge in [-0.15, -0.1) is 0 Å². The summed E-state index contributed by atoms with van der Waals surface area (Å²) in [6.45, 7) is 2.23. The molecular formula is C25H31F3N2O. The predicted octanol–water partition coefficient (Wildman–Crippen LogP) is 5.68. The monoisotopic (exact) mass is 432 g/mol. The van der Waals surface area contributed by atoms with E-state index in [1.807, 2.05) is 12.3 Å². The molecule has 0 amide bonds. The van der Waals surface area contributed by atoms with Crippen LogP contribution < -0.4 is 5.32 Å². The van der Waals surface area contributed by atoms with E-state index in [0.717, 1.165) is 57.0 Å². The highest BCUT2D eigenvalue weighted by Gasteiger charge is 2.48. The minimum Gasteiger partial charge on any atom is -0.375 e. The van der Waals surface area contributed by atoms with E-state index in [0.29, 0.717) is 18.5 Å². The summed E-state index contributed by atoms with van der Waals surface area (Å²) in [5.41, 5.74) is 1.26. The third-order valence-electron chi connectivity index (χ3n) is 7.00. The molecule has 31 heavy (non-hydrogen) atoms. The number of nitrogens with one attached hydrogen (secondary N) is 1. The number of aromatic nitrogens is 1. The zero-order valence-corrected chi connectivity index (χ0v) is 17.9. The Hall–Kier alpha value is -1.92. The van der Waals surface area contributed by atoms with Crippen LogP contribution in [0.25, 0.3) is 0 Å².